The highest BCUT2D eigenvalue weighted by atomic mass is 19.4. The van der Waals surface area contributed by atoms with E-state index in [0.717, 1.165) is 55.8 Å². The van der Waals surface area contributed by atoms with Crippen LogP contribution in [-0.4, -0.2) is 64.0 Å². The van der Waals surface area contributed by atoms with Crippen LogP contribution in [0.3, 0.4) is 0 Å². The van der Waals surface area contributed by atoms with Crippen molar-refractivity contribution in [3.05, 3.63) is 41.3 Å². The van der Waals surface area contributed by atoms with Crippen LogP contribution in [0.5, 0.6) is 0 Å². The van der Waals surface area contributed by atoms with E-state index >= 15 is 0 Å². The summed E-state index contributed by atoms with van der Waals surface area (Å²) in [6.45, 7) is 6.41. The summed E-state index contributed by atoms with van der Waals surface area (Å²) in [7, 11) is 0. The zero-order valence-corrected chi connectivity index (χ0v) is 23.8. The SMILES string of the molecule is Cc1ccc(-c2nc(COC3CCCC(CN(CC(=O)O)CC4CCCCC4)C3)c(C)o2)cc1.O=C(O)C(F)(F)F. The molecule has 2 N–H and O–H groups in total. The number of carbonyl (C=O) groups is 2. The van der Waals surface area contributed by atoms with E-state index in [1.165, 1.54) is 37.7 Å². The molecule has 2 atom stereocenters. The zero-order chi connectivity index (χ0) is 30.0. The van der Waals surface area contributed by atoms with Crippen LogP contribution in [-0.2, 0) is 20.9 Å². The molecule has 8 nitrogen and oxygen atoms in total. The Balaban J connectivity index is 0.000000587. The van der Waals surface area contributed by atoms with E-state index in [-0.39, 0.29) is 12.6 Å². The Bertz CT molecular complexity index is 1110. The highest BCUT2D eigenvalue weighted by Crippen LogP contribution is 2.30. The van der Waals surface area contributed by atoms with Gasteiger partial charge in [0.05, 0.1) is 19.3 Å². The maximum Gasteiger partial charge on any atom is 0.490 e. The molecule has 41 heavy (non-hydrogen) atoms. The molecule has 0 spiro atoms. The third kappa shape index (κ3) is 11.1. The quantitative estimate of drug-likeness (QED) is 0.321. The molecule has 228 valence electrons. The van der Waals surface area contributed by atoms with Crippen LogP contribution < -0.4 is 0 Å². The second kappa shape index (κ2) is 15.3. The van der Waals surface area contributed by atoms with E-state index in [9.17, 15) is 23.1 Å². The van der Waals surface area contributed by atoms with Gasteiger partial charge in [0.1, 0.15) is 11.5 Å². The van der Waals surface area contributed by atoms with E-state index < -0.39 is 18.1 Å². The normalized spacial score (nSPS) is 20.0. The van der Waals surface area contributed by atoms with Crippen molar-refractivity contribution in [1.29, 1.82) is 0 Å². The first-order valence-electron chi connectivity index (χ1n) is 14.3. The fraction of sp³-hybridized carbons (Fsp3) is 0.633. The van der Waals surface area contributed by atoms with Gasteiger partial charge in [0, 0.05) is 18.7 Å². The van der Waals surface area contributed by atoms with Crippen LogP contribution in [0.15, 0.2) is 28.7 Å². The Kier molecular flexibility index (Phi) is 12.2. The van der Waals surface area contributed by atoms with Gasteiger partial charge in [-0.05, 0) is 69.9 Å². The topological polar surface area (TPSA) is 113 Å². The number of carboxylic acids is 2. The maximum atomic E-state index is 11.5. The van der Waals surface area contributed by atoms with Gasteiger partial charge in [-0.25, -0.2) is 9.78 Å². The number of aromatic nitrogens is 1. The molecule has 2 unspecified atom stereocenters. The predicted octanol–water partition coefficient (Wildman–Crippen LogP) is 6.63. The minimum absolute atomic E-state index is 0.151. The maximum absolute atomic E-state index is 11.5. The van der Waals surface area contributed by atoms with Crippen molar-refractivity contribution in [1.82, 2.24) is 9.88 Å². The van der Waals surface area contributed by atoms with E-state index in [4.69, 9.17) is 24.0 Å². The number of oxazole rings is 1. The third-order valence-corrected chi connectivity index (χ3v) is 7.74. The Morgan fingerprint density at radius 1 is 0.976 bits per heavy atom. The lowest BCUT2D eigenvalue weighted by atomic mass is 9.85. The molecule has 11 heteroatoms. The molecule has 4 rings (SSSR count). The molecule has 0 amide bonds. The fourth-order valence-electron chi connectivity index (χ4n) is 5.63. The summed E-state index contributed by atoms with van der Waals surface area (Å²) in [4.78, 5) is 27.3. The van der Waals surface area contributed by atoms with Crippen molar-refractivity contribution in [3.63, 3.8) is 0 Å². The van der Waals surface area contributed by atoms with Gasteiger partial charge in [-0.1, -0.05) is 43.4 Å². The molecule has 0 radical (unpaired) electrons. The Morgan fingerprint density at radius 2 is 1.59 bits per heavy atom. The number of alkyl halides is 3. The van der Waals surface area contributed by atoms with Crippen molar-refractivity contribution in [2.45, 2.75) is 90.5 Å². The molecular formula is C30H41F3N2O6. The van der Waals surface area contributed by atoms with Gasteiger partial charge in [-0.15, -0.1) is 0 Å². The summed E-state index contributed by atoms with van der Waals surface area (Å²) >= 11 is 0. The molecule has 2 aromatic rings. The Morgan fingerprint density at radius 3 is 2.20 bits per heavy atom. The second-order valence-electron chi connectivity index (χ2n) is 11.2. The van der Waals surface area contributed by atoms with Crippen LogP contribution >= 0.6 is 0 Å². The number of carboxylic acid groups (broad SMARTS) is 2. The van der Waals surface area contributed by atoms with Crippen LogP contribution in [0.25, 0.3) is 11.5 Å². The minimum Gasteiger partial charge on any atom is -0.480 e. The molecule has 1 heterocycles. The van der Waals surface area contributed by atoms with Crippen molar-refractivity contribution in [3.8, 4) is 11.5 Å². The van der Waals surface area contributed by atoms with Crippen LogP contribution in [0.1, 0.15) is 74.8 Å². The van der Waals surface area contributed by atoms with Gasteiger partial charge in [0.2, 0.25) is 5.89 Å². The van der Waals surface area contributed by atoms with Gasteiger partial charge in [0.25, 0.3) is 0 Å². The van der Waals surface area contributed by atoms with E-state index in [0.29, 0.717) is 24.3 Å². The molecule has 2 aliphatic carbocycles. The van der Waals surface area contributed by atoms with Crippen LogP contribution in [0, 0.1) is 25.7 Å². The number of nitrogens with zero attached hydrogens (tertiary/aromatic N) is 2. The highest BCUT2D eigenvalue weighted by Gasteiger charge is 2.38. The van der Waals surface area contributed by atoms with E-state index in [1.54, 1.807) is 0 Å². The number of ether oxygens (including phenoxy) is 1. The Labute approximate surface area is 238 Å². The standard InChI is InChI=1S/C28H40N2O4.C2HF3O2/c1-20-11-13-24(14-12-20)28-29-26(21(2)34-28)19-33-25-10-6-9-23(15-25)17-30(18-27(31)32)16-22-7-4-3-5-8-22;3-2(4,5)1(6)7/h11-14,22-23,25H,3-10,15-19H2,1-2H3,(H,31,32);(H,6,7). The molecule has 0 saturated heterocycles. The molecule has 2 fully saturated rings. The largest absolute Gasteiger partial charge is 0.490 e. The first kappa shape index (κ1) is 32.6. The summed E-state index contributed by atoms with van der Waals surface area (Å²) in [6.07, 6.45) is 5.83. The summed E-state index contributed by atoms with van der Waals surface area (Å²) in [5, 5.41) is 16.6. The van der Waals surface area contributed by atoms with Crippen molar-refractivity contribution >= 4 is 11.9 Å². The molecule has 0 aliphatic heterocycles. The monoisotopic (exact) mass is 582 g/mol. The first-order valence-corrected chi connectivity index (χ1v) is 14.3. The second-order valence-corrected chi connectivity index (χ2v) is 11.2. The third-order valence-electron chi connectivity index (χ3n) is 7.74. The molecule has 2 saturated carbocycles. The number of aryl methyl sites for hydroxylation is 2. The summed E-state index contributed by atoms with van der Waals surface area (Å²) in [6, 6.07) is 8.20. The van der Waals surface area contributed by atoms with Crippen molar-refractivity contribution in [2.75, 3.05) is 19.6 Å². The highest BCUT2D eigenvalue weighted by molar-refractivity contribution is 5.73. The summed E-state index contributed by atoms with van der Waals surface area (Å²) < 4.78 is 43.9. The van der Waals surface area contributed by atoms with Crippen LogP contribution in [0.4, 0.5) is 13.2 Å². The average molecular weight is 583 g/mol. The van der Waals surface area contributed by atoms with Crippen molar-refractivity contribution < 1.29 is 42.1 Å². The molecule has 1 aromatic carbocycles. The van der Waals surface area contributed by atoms with E-state index in [2.05, 4.69) is 24.0 Å². The number of aliphatic carboxylic acids is 2. The summed E-state index contributed by atoms with van der Waals surface area (Å²) in [5.74, 6) is -0.879. The number of rotatable bonds is 10. The fourth-order valence-corrected chi connectivity index (χ4v) is 5.63. The predicted molar refractivity (Wildman–Crippen MR) is 146 cm³/mol. The first-order chi connectivity index (χ1) is 19.4. The summed E-state index contributed by atoms with van der Waals surface area (Å²) in [5.41, 5.74) is 3.06. The molecular weight excluding hydrogens is 541 g/mol. The Hall–Kier alpha value is -2.92. The van der Waals surface area contributed by atoms with E-state index in [1.807, 2.05) is 19.1 Å². The number of halogens is 3. The molecule has 2 aliphatic rings. The van der Waals surface area contributed by atoms with Gasteiger partial charge in [-0.2, -0.15) is 13.2 Å². The van der Waals surface area contributed by atoms with Gasteiger partial charge < -0.3 is 19.4 Å². The van der Waals surface area contributed by atoms with Crippen LogP contribution in [0.2, 0.25) is 0 Å². The molecule has 1 aromatic heterocycles. The lowest BCUT2D eigenvalue weighted by Gasteiger charge is -2.35. The van der Waals surface area contributed by atoms with Gasteiger partial charge in [-0.3, -0.25) is 9.69 Å². The number of hydrogen-bond donors (Lipinski definition) is 2. The van der Waals surface area contributed by atoms with Crippen molar-refractivity contribution in [2.24, 2.45) is 11.8 Å². The number of benzene rings is 1. The number of hydrogen-bond acceptors (Lipinski definition) is 6. The minimum atomic E-state index is -5.08. The lowest BCUT2D eigenvalue weighted by molar-refractivity contribution is -0.192. The van der Waals surface area contributed by atoms with Gasteiger partial charge >= 0.3 is 18.1 Å². The lowest BCUT2D eigenvalue weighted by Crippen LogP contribution is -2.40. The zero-order valence-electron chi connectivity index (χ0n) is 23.8. The van der Waals surface area contributed by atoms with Gasteiger partial charge in [0.15, 0.2) is 0 Å². The molecule has 0 bridgehead atoms. The average Bonchev–Trinajstić information content (AvgIpc) is 3.28. The smallest absolute Gasteiger partial charge is 0.480 e.